The van der Waals surface area contributed by atoms with Crippen LogP contribution in [0.4, 0.5) is 14.1 Å². The topological polar surface area (TPSA) is 117 Å². The number of rotatable bonds is 11. The predicted octanol–water partition coefficient (Wildman–Crippen LogP) is 9.65. The molecule has 2 bridgehead atoms. The third-order valence-electron chi connectivity index (χ3n) is 12.8. The number of aromatic hydroxyl groups is 2. The SMILES string of the molecule is C=CC1CN2CCC1CC2[C@H](OC(=O)[C@H](CN=Cc1cc(C(C)(C)C)cc(C(C)(C)C)c1O)N=Cc1cc(C(C)(C)C)cc(C(C)(C)C)c1O)c1ccnc2ccc(OC)cc12.[Co].[F-].[F][Sb]([F])([F])([F])[F]. The average molecular weight is 1140 g/mol. The first-order valence-corrected chi connectivity index (χ1v) is 27.9. The third-order valence-corrected chi connectivity index (χ3v) is 12.8. The number of phenolic OH excluding ortho intramolecular Hbond substituents is 2. The van der Waals surface area contributed by atoms with Crippen LogP contribution in [0.1, 0.15) is 141 Å². The molecular formula is C53H70CoF6N4O5Sb-. The van der Waals surface area contributed by atoms with Crippen molar-refractivity contribution in [3.05, 3.63) is 106 Å². The number of piperidine rings is 3. The van der Waals surface area contributed by atoms with Gasteiger partial charge in [-0.05, 0) is 100 Å². The van der Waals surface area contributed by atoms with E-state index in [0.29, 0.717) is 28.7 Å². The van der Waals surface area contributed by atoms with Crippen molar-refractivity contribution in [3.8, 4) is 17.2 Å². The maximum absolute atomic E-state index is 15.0. The number of carbonyl (C=O) groups excluding carboxylic acids is 1. The second-order valence-corrected chi connectivity index (χ2v) is 25.9. The molecule has 0 aliphatic carbocycles. The van der Waals surface area contributed by atoms with E-state index in [9.17, 15) is 29.1 Å². The van der Waals surface area contributed by atoms with Crippen LogP contribution in [0, 0.1) is 11.8 Å². The fraction of sp³-hybridized carbons (Fsp3) is 0.509. The van der Waals surface area contributed by atoms with E-state index in [2.05, 4.69) is 118 Å². The Hall–Kier alpha value is -4.12. The number of carbonyl (C=O) groups is 1. The number of methoxy groups -OCH3 is 1. The first-order valence-electron chi connectivity index (χ1n) is 23.0. The quantitative estimate of drug-likeness (QED) is 0.0506. The van der Waals surface area contributed by atoms with Crippen molar-refractivity contribution in [1.82, 2.24) is 9.88 Å². The molecule has 389 valence electrons. The standard InChI is InChI=1S/C53H70N4O5.Co.6FH.Sb/c1-15-32-31-57-21-19-33(32)24-45(57)48(39-18-20-55-43-17-16-38(61-14)27-40(39)43)62-49(60)44(56-29-35-23-37(51(5,6)7)26-42(47(35)59)53(11,12)13)30-54-28-34-22-36(50(2,3)4)25-41(46(34)58)52(8,9)10;;;;;;;;/h15-18,20,22-23,25-29,32-33,44-45,48,58-59H,1,19,21,24,30-31H2,2-14H3;;6*1H;/q;;;;;;;;+5/p-6/t32?,33?,44-,45?,48+;;;;;;;;/m0......../s1. The number of aliphatic imine (C=N–C) groups is 2. The molecule has 3 aliphatic heterocycles. The van der Waals surface area contributed by atoms with Gasteiger partial charge in [0.1, 0.15) is 23.4 Å². The number of fused-ring (bicyclic) bond motifs is 4. The van der Waals surface area contributed by atoms with E-state index in [-0.39, 0.29) is 67.2 Å². The Kier molecular flexibility index (Phi) is 19.2. The van der Waals surface area contributed by atoms with Gasteiger partial charge in [-0.3, -0.25) is 19.9 Å². The van der Waals surface area contributed by atoms with Crippen molar-refractivity contribution in [2.24, 2.45) is 21.8 Å². The molecule has 1 aromatic heterocycles. The Bertz CT molecular complexity index is 2540. The van der Waals surface area contributed by atoms with Crippen LogP contribution in [0.2, 0.25) is 0 Å². The number of phenols is 2. The molecule has 1 radical (unpaired) electrons. The van der Waals surface area contributed by atoms with Gasteiger partial charge in [0.25, 0.3) is 0 Å². The van der Waals surface area contributed by atoms with Crippen LogP contribution in [0.15, 0.2) is 77.4 Å². The van der Waals surface area contributed by atoms with Gasteiger partial charge in [-0.1, -0.05) is 101 Å². The zero-order chi connectivity index (χ0) is 51.0. The van der Waals surface area contributed by atoms with E-state index in [0.717, 1.165) is 64.7 Å². The van der Waals surface area contributed by atoms with Crippen LogP contribution in [-0.4, -0.2) is 97.6 Å². The molecule has 4 unspecified atom stereocenters. The van der Waals surface area contributed by atoms with Crippen molar-refractivity contribution in [3.63, 3.8) is 0 Å². The number of hydrogen-bond acceptors (Lipinski definition) is 9. The summed E-state index contributed by atoms with van der Waals surface area (Å²) in [6, 6.07) is 14.6. The Balaban J connectivity index is 0.00000152. The van der Waals surface area contributed by atoms with Crippen molar-refractivity contribution < 1.29 is 60.0 Å². The summed E-state index contributed by atoms with van der Waals surface area (Å²) in [5.41, 5.74) is 5.38. The van der Waals surface area contributed by atoms with Gasteiger partial charge in [-0.25, -0.2) is 4.79 Å². The molecule has 9 nitrogen and oxygen atoms in total. The van der Waals surface area contributed by atoms with Crippen LogP contribution in [0.25, 0.3) is 10.9 Å². The summed E-state index contributed by atoms with van der Waals surface area (Å²) in [5, 5.41) is 24.2. The van der Waals surface area contributed by atoms with E-state index in [1.165, 1.54) is 0 Å². The van der Waals surface area contributed by atoms with Crippen LogP contribution in [0.3, 0.4) is 0 Å². The molecule has 0 saturated carbocycles. The fourth-order valence-corrected chi connectivity index (χ4v) is 8.89. The second-order valence-electron chi connectivity index (χ2n) is 22.2. The molecular weight excluding hydrogens is 1070 g/mol. The molecule has 3 aliphatic rings. The first-order chi connectivity index (χ1) is 31.1. The van der Waals surface area contributed by atoms with E-state index in [4.69, 9.17) is 19.5 Å². The summed E-state index contributed by atoms with van der Waals surface area (Å²) in [6.07, 6.45) is 8.34. The Morgan fingerprint density at radius 2 is 1.37 bits per heavy atom. The number of benzene rings is 3. The van der Waals surface area contributed by atoms with Crippen molar-refractivity contribution in [2.45, 2.75) is 136 Å². The Morgan fingerprint density at radius 3 is 1.83 bits per heavy atom. The molecule has 4 heterocycles. The van der Waals surface area contributed by atoms with Crippen molar-refractivity contribution >= 4 is 49.6 Å². The summed E-state index contributed by atoms with van der Waals surface area (Å²) in [6.45, 7) is 31.1. The number of hydrogen-bond donors (Lipinski definition) is 2. The van der Waals surface area contributed by atoms with Crippen LogP contribution in [-0.2, 0) is 48.0 Å². The molecule has 4 aromatic rings. The molecule has 3 aromatic carbocycles. The molecule has 0 spiro atoms. The number of pyridine rings is 1. The van der Waals surface area contributed by atoms with E-state index in [1.807, 2.05) is 36.4 Å². The van der Waals surface area contributed by atoms with E-state index < -0.39 is 38.4 Å². The number of esters is 1. The fourth-order valence-electron chi connectivity index (χ4n) is 8.89. The monoisotopic (exact) mass is 1140 g/mol. The minimum absolute atomic E-state index is 0. The summed E-state index contributed by atoms with van der Waals surface area (Å²) >= 11 is -9.19. The van der Waals surface area contributed by atoms with Crippen LogP contribution >= 0.6 is 0 Å². The number of halogens is 6. The number of ether oxygens (including phenoxy) is 2. The van der Waals surface area contributed by atoms with Crippen molar-refractivity contribution in [2.75, 3.05) is 26.7 Å². The minimum atomic E-state index is -9.19. The third kappa shape index (κ3) is 15.7. The van der Waals surface area contributed by atoms with Gasteiger partial charge in [0, 0.05) is 75.2 Å². The molecule has 3 fully saturated rings. The zero-order valence-corrected chi connectivity index (χ0v) is 46.1. The van der Waals surface area contributed by atoms with Gasteiger partial charge in [0.2, 0.25) is 0 Å². The van der Waals surface area contributed by atoms with E-state index >= 15 is 0 Å². The summed E-state index contributed by atoms with van der Waals surface area (Å²) < 4.78 is 62.0. The van der Waals surface area contributed by atoms with Gasteiger partial charge in [-0.15, -0.1) is 6.58 Å². The molecule has 70 heavy (non-hydrogen) atoms. The van der Waals surface area contributed by atoms with Crippen LogP contribution < -0.4 is 9.44 Å². The van der Waals surface area contributed by atoms with E-state index in [1.54, 1.807) is 25.7 Å². The molecule has 0 amide bonds. The second kappa shape index (κ2) is 22.3. The first kappa shape index (κ1) is 60.2. The molecule has 3 saturated heterocycles. The predicted molar refractivity (Wildman–Crippen MR) is 265 cm³/mol. The van der Waals surface area contributed by atoms with Gasteiger partial charge >= 0.3 is 40.3 Å². The van der Waals surface area contributed by atoms with Gasteiger partial charge in [0.05, 0.1) is 25.2 Å². The number of nitrogens with zero attached hydrogens (tertiary/aromatic N) is 4. The number of aromatic nitrogens is 1. The van der Waals surface area contributed by atoms with Gasteiger partial charge in [0.15, 0.2) is 6.04 Å². The maximum atomic E-state index is 15.0. The summed E-state index contributed by atoms with van der Waals surface area (Å²) in [4.78, 5) is 31.9. The van der Waals surface area contributed by atoms with Crippen LogP contribution in [0.5, 0.6) is 17.2 Å². The molecule has 6 atom stereocenters. The average Bonchev–Trinajstić information content (AvgIpc) is 3.22. The zero-order valence-electron chi connectivity index (χ0n) is 42.5. The Labute approximate surface area is 425 Å². The Morgan fingerprint density at radius 1 is 0.843 bits per heavy atom. The van der Waals surface area contributed by atoms with Gasteiger partial charge < -0.3 is 24.4 Å². The van der Waals surface area contributed by atoms with Gasteiger partial charge in [-0.2, -0.15) is 0 Å². The molecule has 7 rings (SSSR count). The summed E-state index contributed by atoms with van der Waals surface area (Å²) in [5.74, 6) is 1.24. The normalized spacial score (nSPS) is 20.1. The summed E-state index contributed by atoms with van der Waals surface area (Å²) in [7, 11) is 1.64. The van der Waals surface area contributed by atoms with Crippen molar-refractivity contribution in [1.29, 1.82) is 0 Å². The molecule has 2 N–H and O–H groups in total. The molecule has 17 heteroatoms.